The zero-order chi connectivity index (χ0) is 10.5. The van der Waals surface area contributed by atoms with Crippen LogP contribution in [0.15, 0.2) is 54.6 Å². The third kappa shape index (κ3) is 2.56. The zero-order valence-electron chi connectivity index (χ0n) is 8.28. The molecule has 0 heterocycles. The molecule has 2 rings (SSSR count). The van der Waals surface area contributed by atoms with Gasteiger partial charge < -0.3 is 5.32 Å². The van der Waals surface area contributed by atoms with Gasteiger partial charge in [-0.2, -0.15) is 0 Å². The Morgan fingerprint density at radius 3 is 2.27 bits per heavy atom. The van der Waals surface area contributed by atoms with Crippen LogP contribution in [0.3, 0.4) is 0 Å². The highest BCUT2D eigenvalue weighted by molar-refractivity contribution is 5.44. The summed E-state index contributed by atoms with van der Waals surface area (Å²) in [5.41, 5.74) is 1.68. The van der Waals surface area contributed by atoms with Crippen molar-refractivity contribution in [2.24, 2.45) is 0 Å². The van der Waals surface area contributed by atoms with Gasteiger partial charge in [0.1, 0.15) is 5.82 Å². The van der Waals surface area contributed by atoms with Crippen molar-refractivity contribution >= 4 is 5.69 Å². The third-order valence-electron chi connectivity index (χ3n) is 2.20. The average molecular weight is 201 g/mol. The number of anilines is 1. The van der Waals surface area contributed by atoms with E-state index in [1.165, 1.54) is 6.07 Å². The number of hydrogen-bond acceptors (Lipinski definition) is 1. The minimum Gasteiger partial charge on any atom is -0.379 e. The summed E-state index contributed by atoms with van der Waals surface area (Å²) in [6.45, 7) is 0.641. The summed E-state index contributed by atoms with van der Waals surface area (Å²) in [6, 6.07) is 16.6. The molecule has 2 aromatic rings. The molecule has 0 saturated carbocycles. The van der Waals surface area contributed by atoms with Gasteiger partial charge in [-0.25, -0.2) is 4.39 Å². The summed E-state index contributed by atoms with van der Waals surface area (Å²) in [7, 11) is 0. The summed E-state index contributed by atoms with van der Waals surface area (Å²) in [5.74, 6) is -0.214. The molecule has 0 aliphatic heterocycles. The van der Waals surface area contributed by atoms with Gasteiger partial charge in [-0.05, 0) is 17.7 Å². The molecule has 0 atom stereocenters. The molecule has 0 saturated heterocycles. The molecule has 76 valence electrons. The fourth-order valence-corrected chi connectivity index (χ4v) is 1.40. The first kappa shape index (κ1) is 9.71. The second kappa shape index (κ2) is 4.60. The molecule has 2 heteroatoms. The van der Waals surface area contributed by atoms with Crippen LogP contribution in [0.5, 0.6) is 0 Å². The average Bonchev–Trinajstić information content (AvgIpc) is 2.29. The lowest BCUT2D eigenvalue weighted by Gasteiger charge is -2.06. The SMILES string of the molecule is Fc1ccccc1NCc1ccccc1. The van der Waals surface area contributed by atoms with Crippen LogP contribution in [-0.4, -0.2) is 0 Å². The molecular formula is C13H12FN. The van der Waals surface area contributed by atoms with Crippen molar-refractivity contribution in [2.75, 3.05) is 5.32 Å². The number of benzene rings is 2. The molecule has 0 aliphatic rings. The molecule has 0 aromatic heterocycles. The van der Waals surface area contributed by atoms with E-state index in [9.17, 15) is 4.39 Å². The van der Waals surface area contributed by atoms with Gasteiger partial charge in [-0.15, -0.1) is 0 Å². The molecule has 0 bridgehead atoms. The second-order valence-corrected chi connectivity index (χ2v) is 3.32. The Labute approximate surface area is 88.6 Å². The summed E-state index contributed by atoms with van der Waals surface area (Å²) in [4.78, 5) is 0. The second-order valence-electron chi connectivity index (χ2n) is 3.32. The molecule has 15 heavy (non-hydrogen) atoms. The van der Waals surface area contributed by atoms with E-state index in [1.54, 1.807) is 12.1 Å². The summed E-state index contributed by atoms with van der Waals surface area (Å²) >= 11 is 0. The first-order valence-electron chi connectivity index (χ1n) is 4.88. The van der Waals surface area contributed by atoms with Crippen LogP contribution in [0.25, 0.3) is 0 Å². The standard InChI is InChI=1S/C13H12FN/c14-12-8-4-5-9-13(12)15-10-11-6-2-1-3-7-11/h1-9,15H,10H2. The van der Waals surface area contributed by atoms with E-state index in [0.29, 0.717) is 12.2 Å². The van der Waals surface area contributed by atoms with Gasteiger partial charge >= 0.3 is 0 Å². The normalized spacial score (nSPS) is 9.93. The molecule has 0 unspecified atom stereocenters. The van der Waals surface area contributed by atoms with Crippen molar-refractivity contribution in [3.05, 3.63) is 66.0 Å². The van der Waals surface area contributed by atoms with Crippen LogP contribution in [-0.2, 0) is 6.54 Å². The lowest BCUT2D eigenvalue weighted by molar-refractivity contribution is 0.630. The van der Waals surface area contributed by atoms with Crippen molar-refractivity contribution < 1.29 is 4.39 Å². The lowest BCUT2D eigenvalue weighted by Crippen LogP contribution is -2.00. The van der Waals surface area contributed by atoms with Crippen LogP contribution < -0.4 is 5.32 Å². The van der Waals surface area contributed by atoms with Gasteiger partial charge in [0, 0.05) is 6.54 Å². The minimum atomic E-state index is -0.214. The molecule has 0 aliphatic carbocycles. The predicted octanol–water partition coefficient (Wildman–Crippen LogP) is 3.44. The highest BCUT2D eigenvalue weighted by Gasteiger charge is 1.98. The van der Waals surface area contributed by atoms with Crippen molar-refractivity contribution in [1.29, 1.82) is 0 Å². The van der Waals surface area contributed by atoms with Gasteiger partial charge in [-0.1, -0.05) is 42.5 Å². The maximum atomic E-state index is 13.2. The molecule has 0 fully saturated rings. The smallest absolute Gasteiger partial charge is 0.146 e. The molecule has 0 spiro atoms. The highest BCUT2D eigenvalue weighted by atomic mass is 19.1. The number of rotatable bonds is 3. The van der Waals surface area contributed by atoms with Gasteiger partial charge in [-0.3, -0.25) is 0 Å². The largest absolute Gasteiger partial charge is 0.379 e. The number of nitrogens with one attached hydrogen (secondary N) is 1. The number of para-hydroxylation sites is 1. The molecular weight excluding hydrogens is 189 g/mol. The van der Waals surface area contributed by atoms with Crippen LogP contribution in [0.2, 0.25) is 0 Å². The van der Waals surface area contributed by atoms with E-state index >= 15 is 0 Å². The topological polar surface area (TPSA) is 12.0 Å². The first-order valence-corrected chi connectivity index (χ1v) is 4.88. The van der Waals surface area contributed by atoms with E-state index in [0.717, 1.165) is 5.56 Å². The van der Waals surface area contributed by atoms with Gasteiger partial charge in [0.25, 0.3) is 0 Å². The van der Waals surface area contributed by atoms with E-state index in [4.69, 9.17) is 0 Å². The Hall–Kier alpha value is -1.83. The summed E-state index contributed by atoms with van der Waals surface area (Å²) in [5, 5.41) is 3.05. The monoisotopic (exact) mass is 201 g/mol. The Balaban J connectivity index is 2.03. The molecule has 0 amide bonds. The Morgan fingerprint density at radius 2 is 1.53 bits per heavy atom. The van der Waals surface area contributed by atoms with Crippen LogP contribution >= 0.6 is 0 Å². The maximum Gasteiger partial charge on any atom is 0.146 e. The van der Waals surface area contributed by atoms with Gasteiger partial charge in [0.2, 0.25) is 0 Å². The van der Waals surface area contributed by atoms with E-state index in [1.807, 2.05) is 36.4 Å². The molecule has 2 aromatic carbocycles. The van der Waals surface area contributed by atoms with Crippen LogP contribution in [0, 0.1) is 5.82 Å². The summed E-state index contributed by atoms with van der Waals surface area (Å²) < 4.78 is 13.2. The molecule has 1 nitrogen and oxygen atoms in total. The minimum absolute atomic E-state index is 0.214. The van der Waals surface area contributed by atoms with Gasteiger partial charge in [0.15, 0.2) is 0 Å². The van der Waals surface area contributed by atoms with Crippen LogP contribution in [0.4, 0.5) is 10.1 Å². The quantitative estimate of drug-likeness (QED) is 0.802. The Morgan fingerprint density at radius 1 is 0.867 bits per heavy atom. The van der Waals surface area contributed by atoms with E-state index in [-0.39, 0.29) is 5.82 Å². The third-order valence-corrected chi connectivity index (χ3v) is 2.20. The zero-order valence-corrected chi connectivity index (χ0v) is 8.28. The van der Waals surface area contributed by atoms with Crippen molar-refractivity contribution in [3.63, 3.8) is 0 Å². The first-order chi connectivity index (χ1) is 7.36. The Kier molecular flexibility index (Phi) is 2.98. The van der Waals surface area contributed by atoms with Crippen LogP contribution in [0.1, 0.15) is 5.56 Å². The fourth-order valence-electron chi connectivity index (χ4n) is 1.40. The number of halogens is 1. The Bertz CT molecular complexity index is 426. The molecule has 1 N–H and O–H groups in total. The van der Waals surface area contributed by atoms with Crippen molar-refractivity contribution in [1.82, 2.24) is 0 Å². The highest BCUT2D eigenvalue weighted by Crippen LogP contribution is 2.13. The maximum absolute atomic E-state index is 13.2. The van der Waals surface area contributed by atoms with E-state index < -0.39 is 0 Å². The van der Waals surface area contributed by atoms with E-state index in [2.05, 4.69) is 5.32 Å². The molecule has 0 radical (unpaired) electrons. The summed E-state index contributed by atoms with van der Waals surface area (Å²) in [6.07, 6.45) is 0. The number of hydrogen-bond donors (Lipinski definition) is 1. The fraction of sp³-hybridized carbons (Fsp3) is 0.0769. The lowest BCUT2D eigenvalue weighted by atomic mass is 10.2. The van der Waals surface area contributed by atoms with Gasteiger partial charge in [0.05, 0.1) is 5.69 Å². The van der Waals surface area contributed by atoms with Crippen molar-refractivity contribution in [2.45, 2.75) is 6.54 Å². The predicted molar refractivity (Wildman–Crippen MR) is 60.2 cm³/mol. The van der Waals surface area contributed by atoms with Crippen molar-refractivity contribution in [3.8, 4) is 0 Å².